The van der Waals surface area contributed by atoms with E-state index < -0.39 is 0 Å². The van der Waals surface area contributed by atoms with Crippen molar-refractivity contribution in [1.29, 1.82) is 0 Å². The fourth-order valence-electron chi connectivity index (χ4n) is 4.02. The quantitative estimate of drug-likeness (QED) is 0.518. The Hall–Kier alpha value is -3.19. The summed E-state index contributed by atoms with van der Waals surface area (Å²) in [6.45, 7) is 2.35. The molecule has 6 nitrogen and oxygen atoms in total. The van der Waals surface area contributed by atoms with E-state index in [-0.39, 0.29) is 23.9 Å². The van der Waals surface area contributed by atoms with Gasteiger partial charge in [-0.25, -0.2) is 4.98 Å². The summed E-state index contributed by atoms with van der Waals surface area (Å²) in [4.78, 5) is 29.8. The molecule has 2 amide bonds. The number of thiazole rings is 1. The summed E-state index contributed by atoms with van der Waals surface area (Å²) in [6.07, 6.45) is 4.12. The van der Waals surface area contributed by atoms with Gasteiger partial charge in [0.1, 0.15) is 23.1 Å². The Balaban J connectivity index is 1.30. The first kappa shape index (κ1) is 23.0. The van der Waals surface area contributed by atoms with Crippen molar-refractivity contribution in [3.63, 3.8) is 0 Å². The lowest BCUT2D eigenvalue weighted by molar-refractivity contribution is -0.121. The molecule has 172 valence electrons. The second-order valence-corrected chi connectivity index (χ2v) is 9.37. The number of carbonyl (C=O) groups excluding carboxylic acids is 2. The number of rotatable bonds is 8. The van der Waals surface area contributed by atoms with Crippen molar-refractivity contribution in [3.8, 4) is 5.75 Å². The van der Waals surface area contributed by atoms with Crippen LogP contribution in [0.1, 0.15) is 52.3 Å². The maximum atomic E-state index is 12.8. The molecule has 2 aromatic carbocycles. The van der Waals surface area contributed by atoms with Crippen LogP contribution in [0.3, 0.4) is 0 Å². The molecule has 0 spiro atoms. The number of hydrogen-bond acceptors (Lipinski definition) is 5. The molecule has 33 heavy (non-hydrogen) atoms. The summed E-state index contributed by atoms with van der Waals surface area (Å²) < 4.78 is 5.77. The Labute approximate surface area is 198 Å². The first-order valence-corrected chi connectivity index (χ1v) is 12.2. The molecule has 3 aromatic rings. The number of nitrogens with one attached hydrogen (secondary N) is 2. The zero-order valence-electron chi connectivity index (χ0n) is 18.8. The van der Waals surface area contributed by atoms with Crippen molar-refractivity contribution >= 4 is 23.2 Å². The van der Waals surface area contributed by atoms with Crippen LogP contribution in [-0.2, 0) is 17.8 Å². The molecule has 0 radical (unpaired) electrons. The minimum Gasteiger partial charge on any atom is -0.486 e. The first-order valence-electron chi connectivity index (χ1n) is 11.3. The maximum absolute atomic E-state index is 12.8. The molecule has 4 rings (SSSR count). The van der Waals surface area contributed by atoms with Gasteiger partial charge in [0.2, 0.25) is 5.91 Å². The van der Waals surface area contributed by atoms with Crippen LogP contribution in [0.2, 0.25) is 0 Å². The molecule has 1 saturated carbocycles. The molecule has 2 N–H and O–H groups in total. The summed E-state index contributed by atoms with van der Waals surface area (Å²) in [6, 6.07) is 17.4. The lowest BCUT2D eigenvalue weighted by Crippen LogP contribution is -2.53. The van der Waals surface area contributed by atoms with E-state index in [1.165, 1.54) is 16.9 Å². The van der Waals surface area contributed by atoms with E-state index in [1.54, 1.807) is 5.38 Å². The average molecular weight is 464 g/mol. The van der Waals surface area contributed by atoms with Gasteiger partial charge in [-0.2, -0.15) is 0 Å². The third-order valence-corrected chi connectivity index (χ3v) is 6.63. The van der Waals surface area contributed by atoms with Gasteiger partial charge in [0.05, 0.1) is 6.42 Å². The van der Waals surface area contributed by atoms with Gasteiger partial charge in [-0.15, -0.1) is 11.3 Å². The Morgan fingerprint density at radius 2 is 1.70 bits per heavy atom. The second-order valence-electron chi connectivity index (χ2n) is 8.43. The molecule has 0 unspecified atom stereocenters. The molecular weight excluding hydrogens is 434 g/mol. The van der Waals surface area contributed by atoms with E-state index >= 15 is 0 Å². The van der Waals surface area contributed by atoms with Crippen LogP contribution in [0.25, 0.3) is 0 Å². The summed E-state index contributed by atoms with van der Waals surface area (Å²) in [5.74, 6) is 0.552. The highest BCUT2D eigenvalue weighted by molar-refractivity contribution is 7.09. The zero-order chi connectivity index (χ0) is 23.0. The molecule has 1 aliphatic carbocycles. The number of aromatic nitrogens is 1. The fourth-order valence-corrected chi connectivity index (χ4v) is 4.70. The predicted molar refractivity (Wildman–Crippen MR) is 129 cm³/mol. The van der Waals surface area contributed by atoms with Crippen LogP contribution in [-0.4, -0.2) is 28.9 Å². The highest BCUT2D eigenvalue weighted by Gasteiger charge is 2.28. The lowest BCUT2D eigenvalue weighted by Gasteiger charge is -2.32. The Kier molecular flexibility index (Phi) is 7.73. The molecule has 0 bridgehead atoms. The van der Waals surface area contributed by atoms with Crippen molar-refractivity contribution in [2.75, 3.05) is 0 Å². The Morgan fingerprint density at radius 1 is 1.00 bits per heavy atom. The van der Waals surface area contributed by atoms with Gasteiger partial charge in [-0.3, -0.25) is 9.59 Å². The minimum atomic E-state index is -0.206. The number of nitrogens with zero attached hydrogens (tertiary/aromatic N) is 1. The van der Waals surface area contributed by atoms with Crippen molar-refractivity contribution in [3.05, 3.63) is 81.8 Å². The predicted octanol–water partition coefficient (Wildman–Crippen LogP) is 4.43. The van der Waals surface area contributed by atoms with Crippen molar-refractivity contribution in [2.24, 2.45) is 0 Å². The second kappa shape index (κ2) is 11.1. The number of aryl methyl sites for hydroxylation is 1. The van der Waals surface area contributed by atoms with Crippen LogP contribution < -0.4 is 15.4 Å². The van der Waals surface area contributed by atoms with E-state index in [4.69, 9.17) is 4.74 Å². The van der Waals surface area contributed by atoms with Crippen molar-refractivity contribution in [2.45, 2.75) is 57.7 Å². The number of amides is 2. The smallest absolute Gasteiger partial charge is 0.271 e. The van der Waals surface area contributed by atoms with Crippen LogP contribution in [0, 0.1) is 6.92 Å². The normalized spacial score (nSPS) is 17.8. The molecule has 1 aromatic heterocycles. The maximum Gasteiger partial charge on any atom is 0.271 e. The lowest BCUT2D eigenvalue weighted by atomic mass is 9.90. The first-order chi connectivity index (χ1) is 16.1. The van der Waals surface area contributed by atoms with Crippen molar-refractivity contribution in [1.82, 2.24) is 15.6 Å². The Bertz CT molecular complexity index is 1070. The van der Waals surface area contributed by atoms with Crippen LogP contribution >= 0.6 is 11.3 Å². The van der Waals surface area contributed by atoms with Gasteiger partial charge < -0.3 is 15.4 Å². The molecule has 1 aliphatic rings. The number of benzene rings is 2. The topological polar surface area (TPSA) is 80.3 Å². The number of carbonyl (C=O) groups is 2. The van der Waals surface area contributed by atoms with Crippen LogP contribution in [0.15, 0.2) is 60.0 Å². The summed E-state index contributed by atoms with van der Waals surface area (Å²) >= 11 is 1.41. The van der Waals surface area contributed by atoms with E-state index in [0.29, 0.717) is 18.7 Å². The average Bonchev–Trinajstić information content (AvgIpc) is 3.30. The highest BCUT2D eigenvalue weighted by Crippen LogP contribution is 2.20. The van der Waals surface area contributed by atoms with E-state index in [2.05, 4.69) is 15.6 Å². The van der Waals surface area contributed by atoms with E-state index in [1.807, 2.05) is 61.5 Å². The molecule has 0 aliphatic heterocycles. The molecule has 1 heterocycles. The molecule has 7 heteroatoms. The molecule has 2 atom stereocenters. The fraction of sp³-hybridized carbons (Fsp3) is 0.346. The monoisotopic (exact) mass is 463 g/mol. The van der Waals surface area contributed by atoms with E-state index in [9.17, 15) is 9.59 Å². The highest BCUT2D eigenvalue weighted by atomic mass is 32.1. The SMILES string of the molecule is Cc1ccc(OCc2nc(C(=O)N[C@@H]3CCCC[C@@H]3NC(=O)Cc3ccccc3)cs2)cc1. The van der Waals surface area contributed by atoms with Crippen LogP contribution in [0.4, 0.5) is 0 Å². The third kappa shape index (κ3) is 6.65. The summed E-state index contributed by atoms with van der Waals surface area (Å²) in [5, 5.41) is 8.73. The number of ether oxygens (including phenoxy) is 1. The number of hydrogen-bond donors (Lipinski definition) is 2. The third-order valence-electron chi connectivity index (χ3n) is 5.80. The molecular formula is C26H29N3O3S. The Morgan fingerprint density at radius 3 is 2.42 bits per heavy atom. The summed E-state index contributed by atoms with van der Waals surface area (Å²) in [5.41, 5.74) is 2.55. The summed E-state index contributed by atoms with van der Waals surface area (Å²) in [7, 11) is 0. The van der Waals surface area contributed by atoms with Gasteiger partial charge in [0, 0.05) is 17.5 Å². The van der Waals surface area contributed by atoms with Gasteiger partial charge >= 0.3 is 0 Å². The van der Waals surface area contributed by atoms with Gasteiger partial charge in [0.25, 0.3) is 5.91 Å². The molecule has 1 fully saturated rings. The van der Waals surface area contributed by atoms with Crippen LogP contribution in [0.5, 0.6) is 5.75 Å². The standard InChI is InChI=1S/C26H29N3O3S/c1-18-11-13-20(14-12-18)32-16-25-28-23(17-33-25)26(31)29-22-10-6-5-9-21(22)27-24(30)15-19-7-3-2-4-8-19/h2-4,7-8,11-14,17,21-22H,5-6,9-10,15-16H2,1H3,(H,27,30)(H,29,31)/t21-,22+/m0/s1. The molecule has 0 saturated heterocycles. The largest absolute Gasteiger partial charge is 0.486 e. The van der Waals surface area contributed by atoms with Gasteiger partial charge in [0.15, 0.2) is 0 Å². The zero-order valence-corrected chi connectivity index (χ0v) is 19.6. The van der Waals surface area contributed by atoms with E-state index in [0.717, 1.165) is 42.0 Å². The van der Waals surface area contributed by atoms with Gasteiger partial charge in [-0.05, 0) is 37.5 Å². The van der Waals surface area contributed by atoms with Gasteiger partial charge in [-0.1, -0.05) is 60.9 Å². The minimum absolute atomic E-state index is 0.0171. The van der Waals surface area contributed by atoms with Crippen molar-refractivity contribution < 1.29 is 14.3 Å².